The van der Waals surface area contributed by atoms with Crippen molar-refractivity contribution in [1.29, 1.82) is 0 Å². The number of alkyl halides is 1. The van der Waals surface area contributed by atoms with Crippen molar-refractivity contribution in [2.75, 3.05) is 12.4 Å². The summed E-state index contributed by atoms with van der Waals surface area (Å²) in [6.45, 7) is 3.53. The molecule has 1 aromatic heterocycles. The maximum atomic E-state index is 11.4. The molecule has 0 atom stereocenters. The van der Waals surface area contributed by atoms with Crippen molar-refractivity contribution in [2.24, 2.45) is 0 Å². The van der Waals surface area contributed by atoms with Crippen LogP contribution in [-0.2, 0) is 11.3 Å². The molecule has 1 aromatic rings. The van der Waals surface area contributed by atoms with Gasteiger partial charge in [-0.3, -0.25) is 4.79 Å². The van der Waals surface area contributed by atoms with Crippen LogP contribution in [0.2, 0.25) is 0 Å². The number of rotatable bonds is 5. The fourth-order valence-electron chi connectivity index (χ4n) is 1.24. The zero-order valence-corrected chi connectivity index (χ0v) is 9.77. The maximum absolute atomic E-state index is 11.4. The first-order valence-electron chi connectivity index (χ1n) is 4.64. The summed E-state index contributed by atoms with van der Waals surface area (Å²) < 4.78 is 0. The maximum Gasteiger partial charge on any atom is 0.237 e. The lowest BCUT2D eigenvalue weighted by Crippen LogP contribution is -2.31. The van der Waals surface area contributed by atoms with E-state index in [9.17, 15) is 4.79 Å². The van der Waals surface area contributed by atoms with Gasteiger partial charge in [-0.25, -0.2) is 0 Å². The standard InChI is InChI=1S/C10H14ClNOS/c1-2-5-12(10(13)7-11)8-9-4-3-6-14-9/h3-4,6H,2,5,7-8H2,1H3. The molecular formula is C10H14ClNOS. The van der Waals surface area contributed by atoms with E-state index in [2.05, 4.69) is 6.92 Å². The molecule has 1 heterocycles. The zero-order valence-electron chi connectivity index (χ0n) is 8.20. The quantitative estimate of drug-likeness (QED) is 0.714. The minimum absolute atomic E-state index is 0.0157. The Morgan fingerprint density at radius 1 is 1.64 bits per heavy atom. The lowest BCUT2D eigenvalue weighted by Gasteiger charge is -2.20. The van der Waals surface area contributed by atoms with E-state index in [0.717, 1.165) is 13.0 Å². The lowest BCUT2D eigenvalue weighted by atomic mass is 10.3. The molecule has 1 amide bonds. The molecule has 0 unspecified atom stereocenters. The lowest BCUT2D eigenvalue weighted by molar-refractivity contribution is -0.129. The van der Waals surface area contributed by atoms with Crippen LogP contribution >= 0.6 is 22.9 Å². The Hall–Kier alpha value is -0.540. The van der Waals surface area contributed by atoms with Crippen molar-refractivity contribution in [3.63, 3.8) is 0 Å². The summed E-state index contributed by atoms with van der Waals surface area (Å²) in [7, 11) is 0. The average Bonchev–Trinajstić information content (AvgIpc) is 2.68. The molecule has 0 aliphatic carbocycles. The van der Waals surface area contributed by atoms with Gasteiger partial charge in [0.2, 0.25) is 5.91 Å². The van der Waals surface area contributed by atoms with Crippen LogP contribution in [0.4, 0.5) is 0 Å². The summed E-state index contributed by atoms with van der Waals surface area (Å²) in [4.78, 5) is 14.4. The molecule has 0 spiro atoms. The Bertz CT molecular complexity index is 274. The van der Waals surface area contributed by atoms with E-state index < -0.39 is 0 Å². The van der Waals surface area contributed by atoms with Crippen LogP contribution in [0.25, 0.3) is 0 Å². The van der Waals surface area contributed by atoms with Crippen molar-refractivity contribution in [2.45, 2.75) is 19.9 Å². The van der Waals surface area contributed by atoms with E-state index in [0.29, 0.717) is 6.54 Å². The predicted molar refractivity (Wildman–Crippen MR) is 60.7 cm³/mol. The third-order valence-corrected chi connectivity index (χ3v) is 2.98. The number of thiophene rings is 1. The zero-order chi connectivity index (χ0) is 10.4. The molecule has 0 radical (unpaired) electrons. The van der Waals surface area contributed by atoms with Gasteiger partial charge in [0, 0.05) is 11.4 Å². The van der Waals surface area contributed by atoms with Crippen molar-refractivity contribution in [3.05, 3.63) is 22.4 Å². The van der Waals surface area contributed by atoms with E-state index in [1.807, 2.05) is 17.5 Å². The molecule has 4 heteroatoms. The van der Waals surface area contributed by atoms with Crippen LogP contribution in [0.15, 0.2) is 17.5 Å². The van der Waals surface area contributed by atoms with Gasteiger partial charge < -0.3 is 4.90 Å². The van der Waals surface area contributed by atoms with Crippen LogP contribution in [0.5, 0.6) is 0 Å². The van der Waals surface area contributed by atoms with Gasteiger partial charge in [-0.1, -0.05) is 13.0 Å². The SMILES string of the molecule is CCCN(Cc1cccs1)C(=O)CCl. The molecule has 0 saturated heterocycles. The second kappa shape index (κ2) is 6.04. The highest BCUT2D eigenvalue weighted by molar-refractivity contribution is 7.09. The minimum atomic E-state index is 0.0157. The van der Waals surface area contributed by atoms with Crippen molar-refractivity contribution in [1.82, 2.24) is 4.90 Å². The van der Waals surface area contributed by atoms with Gasteiger partial charge in [0.15, 0.2) is 0 Å². The Morgan fingerprint density at radius 3 is 2.93 bits per heavy atom. The van der Waals surface area contributed by atoms with Crippen LogP contribution in [-0.4, -0.2) is 23.2 Å². The summed E-state index contributed by atoms with van der Waals surface area (Å²) in [5.41, 5.74) is 0. The molecule has 0 bridgehead atoms. The normalized spacial score (nSPS) is 10.1. The highest BCUT2D eigenvalue weighted by Gasteiger charge is 2.11. The summed E-state index contributed by atoms with van der Waals surface area (Å²) in [5, 5.41) is 2.02. The molecule has 14 heavy (non-hydrogen) atoms. The molecule has 0 aliphatic rings. The second-order valence-electron chi connectivity index (χ2n) is 3.03. The molecular weight excluding hydrogens is 218 g/mol. The Labute approximate surface area is 93.5 Å². The smallest absolute Gasteiger partial charge is 0.237 e. The van der Waals surface area contributed by atoms with E-state index in [1.165, 1.54) is 4.88 Å². The molecule has 0 aromatic carbocycles. The van der Waals surface area contributed by atoms with Crippen molar-refractivity contribution < 1.29 is 4.79 Å². The van der Waals surface area contributed by atoms with Gasteiger partial charge in [-0.2, -0.15) is 0 Å². The van der Waals surface area contributed by atoms with Crippen LogP contribution in [0.1, 0.15) is 18.2 Å². The molecule has 1 rings (SSSR count). The minimum Gasteiger partial charge on any atom is -0.337 e. The average molecular weight is 232 g/mol. The fourth-order valence-corrected chi connectivity index (χ4v) is 2.13. The number of nitrogens with zero attached hydrogens (tertiary/aromatic N) is 1. The van der Waals surface area contributed by atoms with E-state index >= 15 is 0 Å². The third kappa shape index (κ3) is 3.31. The van der Waals surface area contributed by atoms with E-state index in [4.69, 9.17) is 11.6 Å². The monoisotopic (exact) mass is 231 g/mol. The van der Waals surface area contributed by atoms with Gasteiger partial charge in [0.25, 0.3) is 0 Å². The van der Waals surface area contributed by atoms with Gasteiger partial charge >= 0.3 is 0 Å². The Morgan fingerprint density at radius 2 is 2.43 bits per heavy atom. The van der Waals surface area contributed by atoms with E-state index in [1.54, 1.807) is 16.2 Å². The first-order valence-corrected chi connectivity index (χ1v) is 6.05. The molecule has 0 saturated carbocycles. The number of amides is 1. The van der Waals surface area contributed by atoms with Crippen molar-refractivity contribution >= 4 is 28.8 Å². The number of carbonyl (C=O) groups is 1. The molecule has 0 fully saturated rings. The predicted octanol–water partition coefficient (Wildman–Crippen LogP) is 2.73. The highest BCUT2D eigenvalue weighted by atomic mass is 35.5. The first-order chi connectivity index (χ1) is 6.77. The van der Waals surface area contributed by atoms with E-state index in [-0.39, 0.29) is 11.8 Å². The van der Waals surface area contributed by atoms with Crippen LogP contribution < -0.4 is 0 Å². The summed E-state index contributed by atoms with van der Waals surface area (Å²) in [6, 6.07) is 4.03. The first kappa shape index (κ1) is 11.5. The van der Waals surface area contributed by atoms with Crippen molar-refractivity contribution in [3.8, 4) is 0 Å². The van der Waals surface area contributed by atoms with Gasteiger partial charge in [-0.05, 0) is 17.9 Å². The number of halogens is 1. The Balaban J connectivity index is 2.55. The second-order valence-corrected chi connectivity index (χ2v) is 4.33. The molecule has 0 aliphatic heterocycles. The summed E-state index contributed by atoms with van der Waals surface area (Å²) >= 11 is 7.20. The Kier molecular flexibility index (Phi) is 4.98. The topological polar surface area (TPSA) is 20.3 Å². The highest BCUT2D eigenvalue weighted by Crippen LogP contribution is 2.12. The van der Waals surface area contributed by atoms with Crippen LogP contribution in [0, 0.1) is 0 Å². The molecule has 0 N–H and O–H groups in total. The fraction of sp³-hybridized carbons (Fsp3) is 0.500. The summed E-state index contributed by atoms with van der Waals surface area (Å²) in [5.74, 6) is 0.0904. The number of hydrogen-bond donors (Lipinski definition) is 0. The molecule has 78 valence electrons. The largest absolute Gasteiger partial charge is 0.337 e. The van der Waals surface area contributed by atoms with Gasteiger partial charge in [0.1, 0.15) is 5.88 Å². The summed E-state index contributed by atoms with van der Waals surface area (Å²) in [6.07, 6.45) is 0.966. The third-order valence-electron chi connectivity index (χ3n) is 1.89. The van der Waals surface area contributed by atoms with Crippen LogP contribution in [0.3, 0.4) is 0 Å². The molecule has 2 nitrogen and oxygen atoms in total. The number of carbonyl (C=O) groups excluding carboxylic acids is 1. The van der Waals surface area contributed by atoms with Gasteiger partial charge in [-0.15, -0.1) is 22.9 Å². The number of hydrogen-bond acceptors (Lipinski definition) is 2. The van der Waals surface area contributed by atoms with Gasteiger partial charge in [0.05, 0.1) is 6.54 Å².